The number of anilines is 1. The average Bonchev–Trinajstić information content (AvgIpc) is 3.14. The van der Waals surface area contributed by atoms with Gasteiger partial charge in [-0.15, -0.1) is 0 Å². The van der Waals surface area contributed by atoms with Gasteiger partial charge >= 0.3 is 0 Å². The van der Waals surface area contributed by atoms with Gasteiger partial charge in [-0.2, -0.15) is 10.2 Å². The summed E-state index contributed by atoms with van der Waals surface area (Å²) in [6.07, 6.45) is 1.91. The Balaban J connectivity index is 1.59. The van der Waals surface area contributed by atoms with Crippen molar-refractivity contribution < 1.29 is 13.2 Å². The zero-order valence-corrected chi connectivity index (χ0v) is 16.3. The van der Waals surface area contributed by atoms with E-state index in [0.717, 1.165) is 5.69 Å². The predicted molar refractivity (Wildman–Crippen MR) is 105 cm³/mol. The Morgan fingerprint density at radius 1 is 1.41 bits per heavy atom. The van der Waals surface area contributed by atoms with E-state index in [4.69, 9.17) is 11.6 Å². The molecular formula is C17H20ClN5O3S. The Hall–Kier alpha value is -2.39. The highest BCUT2D eigenvalue weighted by Crippen LogP contribution is 2.29. The number of para-hydroxylation sites is 1. The summed E-state index contributed by atoms with van der Waals surface area (Å²) in [6.45, 7) is 1.83. The van der Waals surface area contributed by atoms with Crippen LogP contribution in [0.15, 0.2) is 35.4 Å². The van der Waals surface area contributed by atoms with Crippen molar-refractivity contribution in [1.29, 1.82) is 0 Å². The second kappa shape index (κ2) is 8.10. The fourth-order valence-corrected chi connectivity index (χ4v) is 4.89. The number of aromatic nitrogens is 2. The van der Waals surface area contributed by atoms with Crippen molar-refractivity contribution in [3.63, 3.8) is 0 Å². The van der Waals surface area contributed by atoms with Gasteiger partial charge in [0, 0.05) is 5.69 Å². The Bertz CT molecular complexity index is 956. The molecule has 1 atom stereocenters. The van der Waals surface area contributed by atoms with E-state index in [0.29, 0.717) is 22.8 Å². The maximum Gasteiger partial charge on any atom is 0.259 e. The highest BCUT2D eigenvalue weighted by atomic mass is 35.5. The zero-order valence-electron chi connectivity index (χ0n) is 14.7. The molecule has 1 amide bonds. The molecule has 10 heteroatoms. The van der Waals surface area contributed by atoms with Crippen LogP contribution in [0.2, 0.25) is 5.15 Å². The Kier molecular flexibility index (Phi) is 5.81. The number of nitrogens with one attached hydrogen (secondary N) is 2. The second-order valence-electron chi connectivity index (χ2n) is 6.30. The number of nitrogens with zero attached hydrogens (tertiary/aromatic N) is 3. The Labute approximate surface area is 162 Å². The van der Waals surface area contributed by atoms with Gasteiger partial charge in [-0.1, -0.05) is 29.8 Å². The van der Waals surface area contributed by atoms with Crippen LogP contribution in [-0.4, -0.2) is 48.4 Å². The van der Waals surface area contributed by atoms with Gasteiger partial charge in [0.1, 0.15) is 5.15 Å². The number of halogens is 1. The summed E-state index contributed by atoms with van der Waals surface area (Å²) in [6, 6.07) is 9.08. The minimum Gasteiger partial charge on any atom is -0.376 e. The molecule has 0 saturated carbocycles. The third kappa shape index (κ3) is 4.86. The molecule has 2 aromatic rings. The van der Waals surface area contributed by atoms with E-state index in [1.807, 2.05) is 30.3 Å². The molecule has 0 aliphatic carbocycles. The number of carbonyl (C=O) groups excluding carboxylic acids is 1. The number of hydrogen-bond acceptors (Lipinski definition) is 6. The Morgan fingerprint density at radius 3 is 2.81 bits per heavy atom. The van der Waals surface area contributed by atoms with E-state index < -0.39 is 9.84 Å². The summed E-state index contributed by atoms with van der Waals surface area (Å²) in [7, 11) is -3.04. The van der Waals surface area contributed by atoms with Crippen LogP contribution >= 0.6 is 11.6 Å². The van der Waals surface area contributed by atoms with Gasteiger partial charge in [0.2, 0.25) is 0 Å². The summed E-state index contributed by atoms with van der Waals surface area (Å²) < 4.78 is 24.9. The maximum atomic E-state index is 11.9. The van der Waals surface area contributed by atoms with Crippen molar-refractivity contribution in [3.8, 4) is 0 Å². The smallest absolute Gasteiger partial charge is 0.259 e. The number of rotatable bonds is 6. The lowest BCUT2D eigenvalue weighted by Crippen LogP contribution is -2.25. The van der Waals surface area contributed by atoms with Gasteiger partial charge in [0.25, 0.3) is 5.91 Å². The number of aryl methyl sites for hydroxylation is 1. The molecule has 2 N–H and O–H groups in total. The van der Waals surface area contributed by atoms with Crippen molar-refractivity contribution in [1.82, 2.24) is 15.2 Å². The molecule has 0 unspecified atom stereocenters. The van der Waals surface area contributed by atoms with Gasteiger partial charge < -0.3 is 5.32 Å². The number of hydrogen-bond donors (Lipinski definition) is 2. The number of sulfone groups is 1. The summed E-state index contributed by atoms with van der Waals surface area (Å²) >= 11 is 6.35. The third-order valence-corrected chi connectivity index (χ3v) is 6.36. The number of hydrazone groups is 1. The molecule has 8 nitrogen and oxygen atoms in total. The van der Waals surface area contributed by atoms with Crippen molar-refractivity contribution in [2.24, 2.45) is 5.10 Å². The molecule has 1 aromatic carbocycles. The van der Waals surface area contributed by atoms with Gasteiger partial charge in [-0.05, 0) is 25.5 Å². The SMILES string of the molecule is Cc1nn([C@H]2CCS(=O)(=O)C2)c(Cl)c1/C=N\NC(=O)CNc1ccccc1. The molecule has 2 heterocycles. The van der Waals surface area contributed by atoms with Crippen molar-refractivity contribution in [2.75, 3.05) is 23.4 Å². The molecule has 1 aliphatic heterocycles. The molecule has 1 aromatic heterocycles. The first-order valence-corrected chi connectivity index (χ1v) is 10.6. The van der Waals surface area contributed by atoms with Crippen LogP contribution in [0.3, 0.4) is 0 Å². The standard InChI is InChI=1S/C17H20ClN5O3S/c1-12-15(17(18)23(22-12)14-7-8-27(25,26)11-14)9-20-21-16(24)10-19-13-5-3-2-4-6-13/h2-6,9,14,19H,7-8,10-11H2,1H3,(H,21,24)/b20-9-/t14-/m0/s1. The van der Waals surface area contributed by atoms with Crippen LogP contribution in [0.1, 0.15) is 23.7 Å². The normalized spacial score (nSPS) is 18.7. The Morgan fingerprint density at radius 2 is 2.15 bits per heavy atom. The van der Waals surface area contributed by atoms with E-state index in [1.165, 1.54) is 10.9 Å². The molecule has 1 saturated heterocycles. The molecule has 144 valence electrons. The van der Waals surface area contributed by atoms with Crippen LogP contribution in [0, 0.1) is 6.92 Å². The number of benzene rings is 1. The molecule has 27 heavy (non-hydrogen) atoms. The molecular weight excluding hydrogens is 390 g/mol. The lowest BCUT2D eigenvalue weighted by atomic mass is 10.2. The van der Waals surface area contributed by atoms with Crippen LogP contribution in [0.4, 0.5) is 5.69 Å². The topological polar surface area (TPSA) is 105 Å². The fourth-order valence-electron chi connectivity index (χ4n) is 2.84. The molecule has 3 rings (SSSR count). The predicted octanol–water partition coefficient (Wildman–Crippen LogP) is 1.77. The van der Waals surface area contributed by atoms with Gasteiger partial charge in [0.05, 0.1) is 41.6 Å². The van der Waals surface area contributed by atoms with Crippen LogP contribution in [-0.2, 0) is 14.6 Å². The highest BCUT2D eigenvalue weighted by Gasteiger charge is 2.31. The molecule has 0 bridgehead atoms. The monoisotopic (exact) mass is 409 g/mol. The van der Waals surface area contributed by atoms with Crippen molar-refractivity contribution >= 4 is 39.2 Å². The first-order chi connectivity index (χ1) is 12.9. The first-order valence-electron chi connectivity index (χ1n) is 8.41. The number of amides is 1. The van der Waals surface area contributed by atoms with Crippen molar-refractivity contribution in [3.05, 3.63) is 46.7 Å². The van der Waals surface area contributed by atoms with E-state index in [2.05, 4.69) is 20.9 Å². The van der Waals surface area contributed by atoms with Crippen molar-refractivity contribution in [2.45, 2.75) is 19.4 Å². The van der Waals surface area contributed by atoms with E-state index in [9.17, 15) is 13.2 Å². The van der Waals surface area contributed by atoms with E-state index >= 15 is 0 Å². The second-order valence-corrected chi connectivity index (χ2v) is 8.89. The number of carbonyl (C=O) groups is 1. The molecule has 1 fully saturated rings. The highest BCUT2D eigenvalue weighted by molar-refractivity contribution is 7.91. The van der Waals surface area contributed by atoms with Gasteiger partial charge in [0.15, 0.2) is 9.84 Å². The average molecular weight is 410 g/mol. The summed E-state index contributed by atoms with van der Waals surface area (Å²) in [5.74, 6) is -0.134. The van der Waals surface area contributed by atoms with E-state index in [1.54, 1.807) is 6.92 Å². The molecule has 0 radical (unpaired) electrons. The van der Waals surface area contributed by atoms with Gasteiger partial charge in [-0.25, -0.2) is 18.5 Å². The zero-order chi connectivity index (χ0) is 19.4. The lowest BCUT2D eigenvalue weighted by molar-refractivity contribution is -0.119. The first kappa shape index (κ1) is 19.4. The van der Waals surface area contributed by atoms with Gasteiger partial charge in [-0.3, -0.25) is 4.79 Å². The quantitative estimate of drug-likeness (QED) is 0.558. The van der Waals surface area contributed by atoms with Crippen LogP contribution in [0.25, 0.3) is 0 Å². The minimum atomic E-state index is -3.04. The lowest BCUT2D eigenvalue weighted by Gasteiger charge is -2.09. The van der Waals surface area contributed by atoms with E-state index in [-0.39, 0.29) is 30.0 Å². The molecule has 0 spiro atoms. The summed E-state index contributed by atoms with van der Waals surface area (Å²) in [5, 5.41) is 11.6. The minimum absolute atomic E-state index is 0.0340. The summed E-state index contributed by atoms with van der Waals surface area (Å²) in [5.41, 5.74) is 4.43. The third-order valence-electron chi connectivity index (χ3n) is 4.23. The van der Waals surface area contributed by atoms with Crippen LogP contribution < -0.4 is 10.7 Å². The molecule has 1 aliphatic rings. The van der Waals surface area contributed by atoms with Crippen LogP contribution in [0.5, 0.6) is 0 Å². The summed E-state index contributed by atoms with van der Waals surface area (Å²) in [4.78, 5) is 11.9. The fraction of sp³-hybridized carbons (Fsp3) is 0.353. The maximum absolute atomic E-state index is 11.9. The largest absolute Gasteiger partial charge is 0.376 e.